The first-order valence-corrected chi connectivity index (χ1v) is 8.37. The molecule has 28 heavy (non-hydrogen) atoms. The minimum atomic E-state index is -0.716. The molecule has 0 amide bonds. The van der Waals surface area contributed by atoms with Gasteiger partial charge in [0.1, 0.15) is 5.75 Å². The molecule has 0 N–H and O–H groups in total. The SMILES string of the molecule is O=C(/C=C/c1ccccc1)c1ccc(OC(=O)c2cccc([N+](=O)[O-])c2)cc1. The van der Waals surface area contributed by atoms with Crippen molar-refractivity contribution in [3.05, 3.63) is 112 Å². The molecule has 0 aliphatic carbocycles. The van der Waals surface area contributed by atoms with Crippen LogP contribution in [0.4, 0.5) is 5.69 Å². The summed E-state index contributed by atoms with van der Waals surface area (Å²) in [6, 6.07) is 20.8. The highest BCUT2D eigenvalue weighted by Gasteiger charge is 2.13. The summed E-state index contributed by atoms with van der Waals surface area (Å²) in [5.74, 6) is -0.660. The molecule has 0 fully saturated rings. The number of benzene rings is 3. The summed E-state index contributed by atoms with van der Waals surface area (Å²) in [5, 5.41) is 10.8. The van der Waals surface area contributed by atoms with Gasteiger partial charge < -0.3 is 4.74 Å². The molecular formula is C22H15NO5. The summed E-state index contributed by atoms with van der Waals surface area (Å²) in [4.78, 5) is 34.6. The molecule has 0 aliphatic rings. The summed E-state index contributed by atoms with van der Waals surface area (Å²) in [5.41, 5.74) is 1.24. The molecule has 3 aromatic carbocycles. The quantitative estimate of drug-likeness (QED) is 0.156. The lowest BCUT2D eigenvalue weighted by molar-refractivity contribution is -0.384. The number of hydrogen-bond acceptors (Lipinski definition) is 5. The Kier molecular flexibility index (Phi) is 5.72. The molecular weight excluding hydrogens is 358 g/mol. The summed E-state index contributed by atoms with van der Waals surface area (Å²) < 4.78 is 5.21. The number of nitro groups is 1. The zero-order valence-corrected chi connectivity index (χ0v) is 14.6. The van der Waals surface area contributed by atoms with Crippen molar-refractivity contribution in [1.29, 1.82) is 0 Å². The largest absolute Gasteiger partial charge is 0.423 e. The lowest BCUT2D eigenvalue weighted by Gasteiger charge is -2.05. The fraction of sp³-hybridized carbons (Fsp3) is 0. The van der Waals surface area contributed by atoms with E-state index < -0.39 is 10.9 Å². The number of nitro benzene ring substituents is 1. The highest BCUT2D eigenvalue weighted by atomic mass is 16.6. The van der Waals surface area contributed by atoms with E-state index in [4.69, 9.17) is 4.74 Å². The standard InChI is InChI=1S/C22H15NO5/c24-21(14-9-16-5-2-1-3-6-16)17-10-12-20(13-11-17)28-22(25)18-7-4-8-19(15-18)23(26)27/h1-15H/b14-9+. The van der Waals surface area contributed by atoms with Crippen LogP contribution in [0.15, 0.2) is 84.9 Å². The molecule has 6 nitrogen and oxygen atoms in total. The number of nitrogens with zero attached hydrogens (tertiary/aromatic N) is 1. The van der Waals surface area contributed by atoms with Gasteiger partial charge in [0.2, 0.25) is 0 Å². The molecule has 0 spiro atoms. The molecule has 0 aromatic heterocycles. The van der Waals surface area contributed by atoms with Gasteiger partial charge >= 0.3 is 5.97 Å². The Morgan fingerprint density at radius 3 is 2.25 bits per heavy atom. The second-order valence-electron chi connectivity index (χ2n) is 5.83. The maximum atomic E-state index is 12.2. The molecule has 0 unspecified atom stereocenters. The zero-order valence-electron chi connectivity index (χ0n) is 14.6. The van der Waals surface area contributed by atoms with Crippen LogP contribution < -0.4 is 4.74 Å². The van der Waals surface area contributed by atoms with Gasteiger partial charge in [-0.3, -0.25) is 14.9 Å². The van der Waals surface area contributed by atoms with Crippen LogP contribution in [0.25, 0.3) is 6.08 Å². The fourth-order valence-corrected chi connectivity index (χ4v) is 2.43. The van der Waals surface area contributed by atoms with E-state index in [-0.39, 0.29) is 22.8 Å². The number of hydrogen-bond donors (Lipinski definition) is 0. The summed E-state index contributed by atoms with van der Waals surface area (Å²) in [7, 11) is 0. The van der Waals surface area contributed by atoms with Crippen molar-refractivity contribution in [3.8, 4) is 5.75 Å². The normalized spacial score (nSPS) is 10.6. The smallest absolute Gasteiger partial charge is 0.343 e. The van der Waals surface area contributed by atoms with Crippen LogP contribution in [0.5, 0.6) is 5.75 Å². The molecule has 0 saturated heterocycles. The average Bonchev–Trinajstić information content (AvgIpc) is 2.73. The van der Waals surface area contributed by atoms with Gasteiger partial charge in [0.15, 0.2) is 5.78 Å². The predicted octanol–water partition coefficient (Wildman–Crippen LogP) is 4.71. The molecule has 0 bridgehead atoms. The van der Waals surface area contributed by atoms with Gasteiger partial charge in [-0.25, -0.2) is 4.79 Å². The molecule has 3 rings (SSSR count). The van der Waals surface area contributed by atoms with Crippen molar-refractivity contribution in [1.82, 2.24) is 0 Å². The topological polar surface area (TPSA) is 86.5 Å². The second kappa shape index (κ2) is 8.55. The summed E-state index contributed by atoms with van der Waals surface area (Å²) in [6.07, 6.45) is 3.19. The van der Waals surface area contributed by atoms with Crippen molar-refractivity contribution in [2.75, 3.05) is 0 Å². The summed E-state index contributed by atoms with van der Waals surface area (Å²) in [6.45, 7) is 0. The lowest BCUT2D eigenvalue weighted by Crippen LogP contribution is -2.09. The molecule has 0 saturated carbocycles. The molecule has 6 heteroatoms. The van der Waals surface area contributed by atoms with E-state index in [0.717, 1.165) is 11.6 Å². The Balaban J connectivity index is 1.66. The van der Waals surface area contributed by atoms with E-state index >= 15 is 0 Å². The van der Waals surface area contributed by atoms with Crippen molar-refractivity contribution in [2.24, 2.45) is 0 Å². The number of esters is 1. The molecule has 0 radical (unpaired) electrons. The maximum Gasteiger partial charge on any atom is 0.343 e. The third kappa shape index (κ3) is 4.76. The van der Waals surface area contributed by atoms with E-state index in [1.807, 2.05) is 30.3 Å². The molecule has 0 heterocycles. The lowest BCUT2D eigenvalue weighted by atomic mass is 10.1. The molecule has 0 atom stereocenters. The number of allylic oxidation sites excluding steroid dienone is 1. The van der Waals surface area contributed by atoms with E-state index in [1.54, 1.807) is 18.2 Å². The van der Waals surface area contributed by atoms with Crippen LogP contribution in [0.2, 0.25) is 0 Å². The summed E-state index contributed by atoms with van der Waals surface area (Å²) >= 11 is 0. The Hall–Kier alpha value is -4.06. The van der Waals surface area contributed by atoms with Gasteiger partial charge in [-0.1, -0.05) is 42.5 Å². The van der Waals surface area contributed by atoms with E-state index in [1.165, 1.54) is 36.4 Å². The van der Waals surface area contributed by atoms with Crippen molar-refractivity contribution in [3.63, 3.8) is 0 Å². The van der Waals surface area contributed by atoms with Crippen molar-refractivity contribution >= 4 is 23.5 Å². The first-order valence-electron chi connectivity index (χ1n) is 8.37. The third-order valence-electron chi connectivity index (χ3n) is 3.87. The Labute approximate surface area is 160 Å². The van der Waals surface area contributed by atoms with Crippen LogP contribution >= 0.6 is 0 Å². The Bertz CT molecular complexity index is 1040. The van der Waals surface area contributed by atoms with E-state index in [0.29, 0.717) is 5.56 Å². The van der Waals surface area contributed by atoms with Crippen LogP contribution in [0.3, 0.4) is 0 Å². The van der Waals surface area contributed by atoms with E-state index in [2.05, 4.69) is 0 Å². The monoisotopic (exact) mass is 373 g/mol. The van der Waals surface area contributed by atoms with Gasteiger partial charge in [-0.2, -0.15) is 0 Å². The highest BCUT2D eigenvalue weighted by molar-refractivity contribution is 6.06. The van der Waals surface area contributed by atoms with Crippen LogP contribution in [-0.2, 0) is 0 Å². The minimum Gasteiger partial charge on any atom is -0.423 e. The maximum absolute atomic E-state index is 12.2. The first-order chi connectivity index (χ1) is 13.5. The molecule has 3 aromatic rings. The van der Waals surface area contributed by atoms with Crippen LogP contribution in [-0.4, -0.2) is 16.7 Å². The number of ketones is 1. The molecule has 0 aliphatic heterocycles. The average molecular weight is 373 g/mol. The van der Waals surface area contributed by atoms with Gasteiger partial charge in [0, 0.05) is 17.7 Å². The van der Waals surface area contributed by atoms with Gasteiger partial charge in [-0.05, 0) is 42.0 Å². The van der Waals surface area contributed by atoms with Crippen LogP contribution in [0.1, 0.15) is 26.3 Å². The highest BCUT2D eigenvalue weighted by Crippen LogP contribution is 2.18. The minimum absolute atomic E-state index is 0.0696. The Morgan fingerprint density at radius 1 is 0.857 bits per heavy atom. The number of ether oxygens (including phenoxy) is 1. The molecule has 138 valence electrons. The van der Waals surface area contributed by atoms with Crippen molar-refractivity contribution in [2.45, 2.75) is 0 Å². The van der Waals surface area contributed by atoms with Gasteiger partial charge in [0.25, 0.3) is 5.69 Å². The number of carbonyl (C=O) groups is 2. The van der Waals surface area contributed by atoms with Gasteiger partial charge in [-0.15, -0.1) is 0 Å². The fourth-order valence-electron chi connectivity index (χ4n) is 2.43. The third-order valence-corrected chi connectivity index (χ3v) is 3.87. The number of non-ortho nitro benzene ring substituents is 1. The zero-order chi connectivity index (χ0) is 19.9. The number of carbonyl (C=O) groups excluding carboxylic acids is 2. The van der Waals surface area contributed by atoms with Crippen molar-refractivity contribution < 1.29 is 19.2 Å². The number of rotatable bonds is 6. The van der Waals surface area contributed by atoms with Crippen LogP contribution in [0, 0.1) is 10.1 Å². The van der Waals surface area contributed by atoms with Gasteiger partial charge in [0.05, 0.1) is 10.5 Å². The first kappa shape index (κ1) is 18.7. The second-order valence-corrected chi connectivity index (χ2v) is 5.83. The Morgan fingerprint density at radius 2 is 1.57 bits per heavy atom. The van der Waals surface area contributed by atoms with E-state index in [9.17, 15) is 19.7 Å². The predicted molar refractivity (Wildman–Crippen MR) is 104 cm³/mol.